The highest BCUT2D eigenvalue weighted by molar-refractivity contribution is 5.15. The third kappa shape index (κ3) is 1.57. The summed E-state index contributed by atoms with van der Waals surface area (Å²) in [5.41, 5.74) is -0.659. The molecule has 7 heteroatoms. The number of allylic oxidation sites excluding steroid dienone is 1. The molecule has 0 aromatic rings. The fourth-order valence-corrected chi connectivity index (χ4v) is 0.686. The Labute approximate surface area is 66.7 Å². The molecular weight excluding hydrogens is 166 g/mol. The van der Waals surface area contributed by atoms with Gasteiger partial charge in [-0.15, -0.1) is 0 Å². The maximum Gasteiger partial charge on any atom is 0.301 e. The molecule has 0 amide bonds. The monoisotopic (exact) mass is 170 g/mol. The first-order valence-electron chi connectivity index (χ1n) is 2.96. The molecule has 0 saturated carbocycles. The van der Waals surface area contributed by atoms with Crippen LogP contribution in [0.5, 0.6) is 0 Å². The minimum absolute atomic E-state index is 0.0374. The number of rotatable bonds is 2. The van der Waals surface area contributed by atoms with Gasteiger partial charge in [0.25, 0.3) is 5.70 Å². The SMILES string of the molecule is O=[N+]([O-])C1=[C]NCC([N+](=O)[O-])=C1. The Balaban J connectivity index is 2.88. The van der Waals surface area contributed by atoms with E-state index in [1.54, 1.807) is 0 Å². The van der Waals surface area contributed by atoms with Crippen molar-refractivity contribution < 1.29 is 9.85 Å². The van der Waals surface area contributed by atoms with Gasteiger partial charge < -0.3 is 5.32 Å². The van der Waals surface area contributed by atoms with Crippen LogP contribution in [0.2, 0.25) is 0 Å². The van der Waals surface area contributed by atoms with E-state index in [0.29, 0.717) is 0 Å². The smallest absolute Gasteiger partial charge is 0.301 e. The first-order valence-corrected chi connectivity index (χ1v) is 2.96. The molecule has 1 N–H and O–H groups in total. The summed E-state index contributed by atoms with van der Waals surface area (Å²) in [4.78, 5) is 18.9. The highest BCUT2D eigenvalue weighted by atomic mass is 16.6. The van der Waals surface area contributed by atoms with Crippen molar-refractivity contribution in [3.05, 3.63) is 43.9 Å². The van der Waals surface area contributed by atoms with Crippen molar-refractivity contribution >= 4 is 0 Å². The summed E-state index contributed by atoms with van der Waals surface area (Å²) in [5, 5.41) is 22.6. The van der Waals surface area contributed by atoms with Gasteiger partial charge in [0.1, 0.15) is 12.7 Å². The van der Waals surface area contributed by atoms with Crippen LogP contribution in [0.1, 0.15) is 0 Å². The van der Waals surface area contributed by atoms with E-state index in [-0.39, 0.29) is 12.2 Å². The molecule has 0 aromatic heterocycles. The largest absolute Gasteiger partial charge is 0.368 e. The molecule has 12 heavy (non-hydrogen) atoms. The molecule has 0 spiro atoms. The van der Waals surface area contributed by atoms with Crippen LogP contribution < -0.4 is 5.32 Å². The first kappa shape index (κ1) is 8.18. The Bertz CT molecular complexity index is 293. The maximum absolute atomic E-state index is 10.2. The van der Waals surface area contributed by atoms with Gasteiger partial charge in [0.15, 0.2) is 0 Å². The lowest BCUT2D eigenvalue weighted by molar-refractivity contribution is -0.437. The number of hydrogen-bond acceptors (Lipinski definition) is 5. The third-order valence-corrected chi connectivity index (χ3v) is 1.22. The number of nitro groups is 2. The minimum atomic E-state index is -0.740. The molecule has 0 bridgehead atoms. The Morgan fingerprint density at radius 3 is 2.58 bits per heavy atom. The summed E-state index contributed by atoms with van der Waals surface area (Å²) in [6, 6.07) is 0. The summed E-state index contributed by atoms with van der Waals surface area (Å²) >= 11 is 0. The predicted molar refractivity (Wildman–Crippen MR) is 36.8 cm³/mol. The van der Waals surface area contributed by atoms with Crippen molar-refractivity contribution in [1.29, 1.82) is 0 Å². The quantitative estimate of drug-likeness (QED) is 0.452. The van der Waals surface area contributed by atoms with Gasteiger partial charge >= 0.3 is 5.70 Å². The second kappa shape index (κ2) is 2.99. The molecule has 1 aliphatic heterocycles. The lowest BCUT2D eigenvalue weighted by Gasteiger charge is -2.02. The van der Waals surface area contributed by atoms with Crippen LogP contribution >= 0.6 is 0 Å². The van der Waals surface area contributed by atoms with Crippen LogP contribution in [-0.2, 0) is 0 Å². The van der Waals surface area contributed by atoms with Crippen molar-refractivity contribution in [1.82, 2.24) is 5.32 Å². The van der Waals surface area contributed by atoms with Crippen molar-refractivity contribution in [2.45, 2.75) is 0 Å². The third-order valence-electron chi connectivity index (χ3n) is 1.22. The van der Waals surface area contributed by atoms with Crippen LogP contribution in [0.15, 0.2) is 17.5 Å². The molecule has 7 nitrogen and oxygen atoms in total. The molecule has 0 fully saturated rings. The molecule has 0 aromatic carbocycles. The van der Waals surface area contributed by atoms with Gasteiger partial charge in [-0.25, -0.2) is 0 Å². The molecule has 1 radical (unpaired) electrons. The first-order chi connectivity index (χ1) is 5.61. The Morgan fingerprint density at radius 1 is 1.42 bits per heavy atom. The van der Waals surface area contributed by atoms with Gasteiger partial charge in [0.05, 0.1) is 15.9 Å². The number of nitrogens with one attached hydrogen (secondary N) is 1. The zero-order chi connectivity index (χ0) is 9.14. The molecule has 1 rings (SSSR count). The van der Waals surface area contributed by atoms with Crippen molar-refractivity contribution in [3.63, 3.8) is 0 Å². The molecule has 1 heterocycles. The lowest BCUT2D eigenvalue weighted by Crippen LogP contribution is -2.22. The molecular formula is C5H4N3O4. The summed E-state index contributed by atoms with van der Waals surface area (Å²) in [7, 11) is 0. The molecule has 0 unspecified atom stereocenters. The Morgan fingerprint density at radius 2 is 2.08 bits per heavy atom. The van der Waals surface area contributed by atoms with Gasteiger partial charge in [-0.2, -0.15) is 0 Å². The van der Waals surface area contributed by atoms with Crippen LogP contribution in [0.3, 0.4) is 0 Å². The van der Waals surface area contributed by atoms with Gasteiger partial charge in [0, 0.05) is 0 Å². The van der Waals surface area contributed by atoms with E-state index < -0.39 is 15.5 Å². The van der Waals surface area contributed by atoms with E-state index >= 15 is 0 Å². The van der Waals surface area contributed by atoms with E-state index in [2.05, 4.69) is 11.5 Å². The summed E-state index contributed by atoms with van der Waals surface area (Å²) < 4.78 is 0. The highest BCUT2D eigenvalue weighted by Gasteiger charge is 2.21. The zero-order valence-corrected chi connectivity index (χ0v) is 5.81. The van der Waals surface area contributed by atoms with Crippen molar-refractivity contribution in [3.8, 4) is 0 Å². The maximum atomic E-state index is 10.2. The second-order valence-corrected chi connectivity index (χ2v) is 2.01. The normalized spacial score (nSPS) is 15.7. The standard InChI is InChI=1S/C5H4N3O4/c9-7(10)4-1-5(8(11)12)3-6-2-4/h1,6H,2H2. The van der Waals surface area contributed by atoms with Crippen LogP contribution in [0.4, 0.5) is 0 Å². The van der Waals surface area contributed by atoms with E-state index in [9.17, 15) is 20.2 Å². The topological polar surface area (TPSA) is 98.3 Å². The van der Waals surface area contributed by atoms with E-state index in [4.69, 9.17) is 0 Å². The van der Waals surface area contributed by atoms with Crippen molar-refractivity contribution in [2.24, 2.45) is 0 Å². The van der Waals surface area contributed by atoms with Crippen molar-refractivity contribution in [2.75, 3.05) is 6.54 Å². The fourth-order valence-electron chi connectivity index (χ4n) is 0.686. The summed E-state index contributed by atoms with van der Waals surface area (Å²) in [6.45, 7) is -0.0374. The molecule has 0 saturated heterocycles. The zero-order valence-electron chi connectivity index (χ0n) is 5.81. The number of hydrogen-bond donors (Lipinski definition) is 1. The van der Waals surface area contributed by atoms with Gasteiger partial charge in [-0.05, 0) is 0 Å². The average Bonchev–Trinajstić information content (AvgIpc) is 2.04. The van der Waals surface area contributed by atoms with E-state index in [0.717, 1.165) is 6.08 Å². The number of nitrogens with zero attached hydrogens (tertiary/aromatic N) is 2. The lowest BCUT2D eigenvalue weighted by atomic mass is 10.3. The van der Waals surface area contributed by atoms with Gasteiger partial charge in [0.2, 0.25) is 0 Å². The molecule has 0 aliphatic carbocycles. The molecule has 63 valence electrons. The summed E-state index contributed by atoms with van der Waals surface area (Å²) in [5.74, 6) is 0. The van der Waals surface area contributed by atoms with Crippen LogP contribution in [0.25, 0.3) is 0 Å². The van der Waals surface area contributed by atoms with Crippen LogP contribution in [-0.4, -0.2) is 16.4 Å². The number of dihydropyridines is 1. The Hall–Kier alpha value is -1.92. The van der Waals surface area contributed by atoms with Gasteiger partial charge in [-0.3, -0.25) is 20.2 Å². The Kier molecular flexibility index (Phi) is 2.04. The second-order valence-electron chi connectivity index (χ2n) is 2.01. The molecule has 0 atom stereocenters. The fraction of sp³-hybridized carbons (Fsp3) is 0.200. The summed E-state index contributed by atoms with van der Waals surface area (Å²) in [6.07, 6.45) is 3.08. The van der Waals surface area contributed by atoms with Gasteiger partial charge in [-0.1, -0.05) is 0 Å². The van der Waals surface area contributed by atoms with E-state index in [1.807, 2.05) is 0 Å². The predicted octanol–water partition coefficient (Wildman–Crippen LogP) is -0.329. The average molecular weight is 170 g/mol. The minimum Gasteiger partial charge on any atom is -0.368 e. The van der Waals surface area contributed by atoms with E-state index in [1.165, 1.54) is 0 Å². The molecule has 1 aliphatic rings. The van der Waals surface area contributed by atoms with Crippen LogP contribution in [0, 0.1) is 26.4 Å². The highest BCUT2D eigenvalue weighted by Crippen LogP contribution is 2.06.